The maximum atomic E-state index is 6.04. The number of aromatic nitrogens is 6. The van der Waals surface area contributed by atoms with E-state index in [0.717, 1.165) is 48.6 Å². The molecule has 4 rings (SSSR count). The molecule has 0 spiro atoms. The van der Waals surface area contributed by atoms with E-state index >= 15 is 0 Å². The van der Waals surface area contributed by atoms with Crippen molar-refractivity contribution in [1.82, 2.24) is 30.1 Å². The number of piperidine rings is 1. The molecule has 108 valence electrons. The molecule has 0 radical (unpaired) electrons. The third kappa shape index (κ3) is 2.23. The number of nitrogens with one attached hydrogen (secondary N) is 2. The Labute approximate surface area is 125 Å². The number of anilines is 1. The number of hydrogen-bond acceptors (Lipinski definition) is 5. The Bertz CT molecular complexity index is 751. The maximum Gasteiger partial charge on any atom is 0.144 e. The lowest BCUT2D eigenvalue weighted by Gasteiger charge is -2.32. The van der Waals surface area contributed by atoms with Crippen LogP contribution in [0.2, 0.25) is 5.15 Å². The van der Waals surface area contributed by atoms with Crippen molar-refractivity contribution < 1.29 is 0 Å². The zero-order valence-electron chi connectivity index (χ0n) is 11.3. The normalized spacial score (nSPS) is 19.3. The molecule has 21 heavy (non-hydrogen) atoms. The molecule has 8 heteroatoms. The Hall–Kier alpha value is -2.15. The lowest BCUT2D eigenvalue weighted by molar-refractivity contribution is 0.490. The lowest BCUT2D eigenvalue weighted by atomic mass is 9.97. The molecule has 1 saturated heterocycles. The summed E-state index contributed by atoms with van der Waals surface area (Å²) >= 11 is 6.04. The molecule has 2 N–H and O–H groups in total. The minimum Gasteiger partial charge on any atom is -0.355 e. The Balaban J connectivity index is 1.68. The highest BCUT2D eigenvalue weighted by molar-refractivity contribution is 6.30. The quantitative estimate of drug-likeness (QED) is 0.757. The summed E-state index contributed by atoms with van der Waals surface area (Å²) < 4.78 is 0. The molecule has 0 aromatic carbocycles. The molecule has 1 aliphatic heterocycles. The lowest BCUT2D eigenvalue weighted by Crippen LogP contribution is -2.35. The first kappa shape index (κ1) is 12.6. The van der Waals surface area contributed by atoms with Gasteiger partial charge in [-0.1, -0.05) is 11.6 Å². The van der Waals surface area contributed by atoms with Crippen LogP contribution in [-0.2, 0) is 0 Å². The molecule has 0 aliphatic carbocycles. The molecule has 3 aromatic heterocycles. The van der Waals surface area contributed by atoms with Gasteiger partial charge in [-0.15, -0.1) is 0 Å². The summed E-state index contributed by atoms with van der Waals surface area (Å²) in [4.78, 5) is 18.3. The summed E-state index contributed by atoms with van der Waals surface area (Å²) in [5, 5.41) is 8.46. The van der Waals surface area contributed by atoms with Crippen LogP contribution < -0.4 is 4.90 Å². The van der Waals surface area contributed by atoms with Crippen molar-refractivity contribution in [1.29, 1.82) is 0 Å². The van der Waals surface area contributed by atoms with Crippen molar-refractivity contribution in [2.45, 2.75) is 18.8 Å². The molecule has 1 unspecified atom stereocenters. The van der Waals surface area contributed by atoms with Crippen LogP contribution >= 0.6 is 11.6 Å². The van der Waals surface area contributed by atoms with Crippen molar-refractivity contribution >= 4 is 28.5 Å². The minimum atomic E-state index is 0.348. The van der Waals surface area contributed by atoms with Crippen molar-refractivity contribution in [3.8, 4) is 0 Å². The van der Waals surface area contributed by atoms with Gasteiger partial charge in [-0.25, -0.2) is 15.0 Å². The molecule has 1 aliphatic rings. The molecule has 1 fully saturated rings. The molecule has 4 heterocycles. The van der Waals surface area contributed by atoms with Crippen LogP contribution in [0.3, 0.4) is 0 Å². The van der Waals surface area contributed by atoms with Gasteiger partial charge in [0, 0.05) is 19.0 Å². The average molecular weight is 304 g/mol. The van der Waals surface area contributed by atoms with E-state index in [1.807, 2.05) is 6.07 Å². The highest BCUT2D eigenvalue weighted by Gasteiger charge is 2.25. The minimum absolute atomic E-state index is 0.348. The molecule has 0 amide bonds. The van der Waals surface area contributed by atoms with Gasteiger partial charge in [0.05, 0.1) is 5.39 Å². The molecular formula is C13H14ClN7. The highest BCUT2D eigenvalue weighted by atomic mass is 35.5. The first-order valence-corrected chi connectivity index (χ1v) is 7.28. The molecule has 3 aromatic rings. The average Bonchev–Trinajstić information content (AvgIpc) is 3.15. The van der Waals surface area contributed by atoms with E-state index < -0.39 is 0 Å². The van der Waals surface area contributed by atoms with Gasteiger partial charge in [-0.2, -0.15) is 5.10 Å². The summed E-state index contributed by atoms with van der Waals surface area (Å²) in [6, 6.07) is 1.88. The molecule has 1 atom stereocenters. The van der Waals surface area contributed by atoms with E-state index in [1.165, 1.54) is 0 Å². The summed E-state index contributed by atoms with van der Waals surface area (Å²) in [5.74, 6) is 2.21. The van der Waals surface area contributed by atoms with Crippen LogP contribution in [0.4, 0.5) is 5.82 Å². The number of aromatic amines is 2. The van der Waals surface area contributed by atoms with Crippen molar-refractivity contribution in [3.05, 3.63) is 29.7 Å². The molecule has 7 nitrogen and oxygen atoms in total. The fourth-order valence-corrected chi connectivity index (χ4v) is 3.15. The van der Waals surface area contributed by atoms with Crippen LogP contribution in [0, 0.1) is 0 Å². The van der Waals surface area contributed by atoms with E-state index in [1.54, 1.807) is 12.7 Å². The van der Waals surface area contributed by atoms with Gasteiger partial charge in [-0.3, -0.25) is 5.10 Å². The second kappa shape index (κ2) is 5.00. The van der Waals surface area contributed by atoms with Crippen LogP contribution in [0.15, 0.2) is 18.7 Å². The van der Waals surface area contributed by atoms with E-state index in [4.69, 9.17) is 11.6 Å². The van der Waals surface area contributed by atoms with Crippen LogP contribution in [0.25, 0.3) is 11.0 Å². The second-order valence-electron chi connectivity index (χ2n) is 5.23. The first-order chi connectivity index (χ1) is 10.3. The predicted molar refractivity (Wildman–Crippen MR) is 79.5 cm³/mol. The van der Waals surface area contributed by atoms with Gasteiger partial charge in [0.1, 0.15) is 35.1 Å². The largest absolute Gasteiger partial charge is 0.355 e. The number of halogens is 1. The third-order valence-corrected chi connectivity index (χ3v) is 4.12. The van der Waals surface area contributed by atoms with Crippen LogP contribution in [-0.4, -0.2) is 43.2 Å². The smallest absolute Gasteiger partial charge is 0.144 e. The standard InChI is InChI=1S/C13H14ClN7/c14-10-4-9-12(19-10)15-6-17-13(9)21-3-1-2-8(5-21)11-16-7-18-20-11/h4,6-8H,1-3,5H2,(H,15,17,19)(H,16,18,20). The van der Waals surface area contributed by atoms with E-state index in [0.29, 0.717) is 11.1 Å². The van der Waals surface area contributed by atoms with Crippen LogP contribution in [0.1, 0.15) is 24.6 Å². The summed E-state index contributed by atoms with van der Waals surface area (Å²) in [7, 11) is 0. The Morgan fingerprint density at radius 2 is 2.19 bits per heavy atom. The van der Waals surface area contributed by atoms with Crippen molar-refractivity contribution in [2.75, 3.05) is 18.0 Å². The van der Waals surface area contributed by atoms with E-state index in [2.05, 4.69) is 35.0 Å². The van der Waals surface area contributed by atoms with Gasteiger partial charge >= 0.3 is 0 Å². The Morgan fingerprint density at radius 1 is 1.24 bits per heavy atom. The number of rotatable bonds is 2. The summed E-state index contributed by atoms with van der Waals surface area (Å²) in [6.07, 6.45) is 5.33. The van der Waals surface area contributed by atoms with Gasteiger partial charge in [-0.05, 0) is 18.9 Å². The number of hydrogen-bond donors (Lipinski definition) is 2. The van der Waals surface area contributed by atoms with Gasteiger partial charge in [0.25, 0.3) is 0 Å². The number of H-pyrrole nitrogens is 2. The number of fused-ring (bicyclic) bond motifs is 1. The first-order valence-electron chi connectivity index (χ1n) is 6.90. The molecule has 0 bridgehead atoms. The Kier molecular flexibility index (Phi) is 2.99. The van der Waals surface area contributed by atoms with Gasteiger partial charge in [0.2, 0.25) is 0 Å². The topological polar surface area (TPSA) is 86.4 Å². The van der Waals surface area contributed by atoms with Crippen molar-refractivity contribution in [3.63, 3.8) is 0 Å². The monoisotopic (exact) mass is 303 g/mol. The Morgan fingerprint density at radius 3 is 3.05 bits per heavy atom. The fraction of sp³-hybridized carbons (Fsp3) is 0.385. The summed E-state index contributed by atoms with van der Waals surface area (Å²) in [6.45, 7) is 1.84. The zero-order chi connectivity index (χ0) is 14.2. The van der Waals surface area contributed by atoms with Gasteiger partial charge < -0.3 is 9.88 Å². The summed E-state index contributed by atoms with van der Waals surface area (Å²) in [5.41, 5.74) is 0.770. The molecule has 0 saturated carbocycles. The third-order valence-electron chi connectivity index (χ3n) is 3.91. The predicted octanol–water partition coefficient (Wildman–Crippen LogP) is 2.11. The fourth-order valence-electron chi connectivity index (χ4n) is 2.95. The van der Waals surface area contributed by atoms with Gasteiger partial charge in [0.15, 0.2) is 0 Å². The SMILES string of the molecule is Clc1cc2c(N3CCCC(c4ncn[nH]4)C3)ncnc2[nH]1. The zero-order valence-corrected chi connectivity index (χ0v) is 12.0. The number of nitrogens with zero attached hydrogens (tertiary/aromatic N) is 5. The van der Waals surface area contributed by atoms with Crippen LogP contribution in [0.5, 0.6) is 0 Å². The highest BCUT2D eigenvalue weighted by Crippen LogP contribution is 2.31. The molecular weight excluding hydrogens is 290 g/mol. The van der Waals surface area contributed by atoms with Crippen molar-refractivity contribution in [2.24, 2.45) is 0 Å². The van der Waals surface area contributed by atoms with E-state index in [-0.39, 0.29) is 0 Å². The second-order valence-corrected chi connectivity index (χ2v) is 5.64. The van der Waals surface area contributed by atoms with E-state index in [9.17, 15) is 0 Å². The maximum absolute atomic E-state index is 6.04.